The lowest BCUT2D eigenvalue weighted by Crippen LogP contribution is -2.11. The number of carbonyl (C=O) groups excluding carboxylic acids is 1. The molecule has 1 aromatic heterocycles. The van der Waals surface area contributed by atoms with Gasteiger partial charge < -0.3 is 5.32 Å². The number of hydrogen-bond donors (Lipinski definition) is 1. The van der Waals surface area contributed by atoms with Crippen molar-refractivity contribution >= 4 is 34.7 Å². The Morgan fingerprint density at radius 3 is 2.82 bits per heavy atom. The van der Waals surface area contributed by atoms with Crippen molar-refractivity contribution in [2.24, 2.45) is 0 Å². The predicted octanol–water partition coefficient (Wildman–Crippen LogP) is 3.52. The van der Waals surface area contributed by atoms with Gasteiger partial charge in [-0.2, -0.15) is 0 Å². The minimum absolute atomic E-state index is 0.0908. The van der Waals surface area contributed by atoms with Gasteiger partial charge in [0.1, 0.15) is 0 Å². The lowest BCUT2D eigenvalue weighted by Gasteiger charge is -2.13. The highest BCUT2D eigenvalue weighted by Crippen LogP contribution is 2.43. The van der Waals surface area contributed by atoms with Gasteiger partial charge in [0.15, 0.2) is 0 Å². The molecule has 0 radical (unpaired) electrons. The van der Waals surface area contributed by atoms with E-state index in [1.54, 1.807) is 23.1 Å². The van der Waals surface area contributed by atoms with Crippen LogP contribution in [0.25, 0.3) is 0 Å². The molecule has 1 aliphatic heterocycles. The van der Waals surface area contributed by atoms with Crippen LogP contribution >= 0.6 is 23.1 Å². The van der Waals surface area contributed by atoms with Gasteiger partial charge in [0.05, 0.1) is 16.7 Å². The van der Waals surface area contributed by atoms with Crippen molar-refractivity contribution in [1.29, 1.82) is 0 Å². The Morgan fingerprint density at radius 2 is 2.00 bits per heavy atom. The summed E-state index contributed by atoms with van der Waals surface area (Å²) < 4.78 is 0. The maximum Gasteiger partial charge on any atom is 0.234 e. The summed E-state index contributed by atoms with van der Waals surface area (Å²) in [5.41, 5.74) is 2.23. The molecule has 1 N–H and O–H groups in total. The number of rotatable bonds is 1. The molecule has 2 heterocycles. The quantitative estimate of drug-likeness (QED) is 0.851. The lowest BCUT2D eigenvalue weighted by molar-refractivity contribution is -0.113. The Balaban J connectivity index is 2.04. The molecule has 2 nitrogen and oxygen atoms in total. The molecule has 0 fully saturated rings. The number of anilines is 1. The topological polar surface area (TPSA) is 29.1 Å². The second kappa shape index (κ2) is 4.55. The average Bonchev–Trinajstić information content (AvgIpc) is 2.73. The molecule has 17 heavy (non-hydrogen) atoms. The van der Waals surface area contributed by atoms with Crippen LogP contribution in [-0.4, -0.2) is 11.7 Å². The van der Waals surface area contributed by atoms with Gasteiger partial charge in [0.2, 0.25) is 5.91 Å². The van der Waals surface area contributed by atoms with Gasteiger partial charge in [-0.15, -0.1) is 23.1 Å². The van der Waals surface area contributed by atoms with E-state index in [1.807, 2.05) is 29.6 Å². The molecule has 0 saturated heterocycles. The maximum absolute atomic E-state index is 11.6. The molecule has 1 amide bonds. The van der Waals surface area contributed by atoms with Crippen LogP contribution in [0.4, 0.5) is 5.69 Å². The normalized spacial score (nSPS) is 19.3. The van der Waals surface area contributed by atoms with Crippen LogP contribution in [-0.2, 0) is 4.79 Å². The summed E-state index contributed by atoms with van der Waals surface area (Å²) in [4.78, 5) is 12.8. The van der Waals surface area contributed by atoms with Crippen LogP contribution in [0.5, 0.6) is 0 Å². The van der Waals surface area contributed by atoms with E-state index in [1.165, 1.54) is 10.4 Å². The summed E-state index contributed by atoms with van der Waals surface area (Å²) in [5, 5.41) is 5.26. The first-order valence-corrected chi connectivity index (χ1v) is 7.31. The summed E-state index contributed by atoms with van der Waals surface area (Å²) >= 11 is 3.40. The molecule has 1 aromatic carbocycles. The Morgan fingerprint density at radius 1 is 1.18 bits per heavy atom. The van der Waals surface area contributed by atoms with Gasteiger partial charge in [-0.25, -0.2) is 0 Å². The summed E-state index contributed by atoms with van der Waals surface area (Å²) in [6.07, 6.45) is 0. The Hall–Kier alpha value is -1.26. The fraction of sp³-hybridized carbons (Fsp3) is 0.154. The summed E-state index contributed by atoms with van der Waals surface area (Å²) in [6.45, 7) is 0. The lowest BCUT2D eigenvalue weighted by atomic mass is 10.1. The fourth-order valence-corrected chi connectivity index (χ4v) is 4.17. The number of carbonyl (C=O) groups is 1. The van der Waals surface area contributed by atoms with Crippen LogP contribution < -0.4 is 5.32 Å². The van der Waals surface area contributed by atoms with Crippen molar-refractivity contribution in [3.05, 3.63) is 52.2 Å². The minimum Gasteiger partial charge on any atom is -0.324 e. The molecular weight excluding hydrogens is 250 g/mol. The van der Waals surface area contributed by atoms with E-state index in [-0.39, 0.29) is 11.2 Å². The second-order valence-corrected chi connectivity index (χ2v) is 5.89. The molecule has 1 unspecified atom stereocenters. The van der Waals surface area contributed by atoms with Gasteiger partial charge in [-0.05, 0) is 17.0 Å². The zero-order valence-electron chi connectivity index (χ0n) is 9.05. The molecule has 1 aliphatic rings. The molecule has 0 bridgehead atoms. The first-order chi connectivity index (χ1) is 8.34. The van der Waals surface area contributed by atoms with E-state index in [0.29, 0.717) is 5.75 Å². The zero-order chi connectivity index (χ0) is 11.7. The number of thiophene rings is 1. The third-order valence-electron chi connectivity index (χ3n) is 2.69. The van der Waals surface area contributed by atoms with Gasteiger partial charge in [-0.1, -0.05) is 30.3 Å². The zero-order valence-corrected chi connectivity index (χ0v) is 10.7. The van der Waals surface area contributed by atoms with Crippen molar-refractivity contribution in [2.45, 2.75) is 5.25 Å². The maximum atomic E-state index is 11.6. The van der Waals surface area contributed by atoms with Crippen LogP contribution in [0.1, 0.15) is 15.7 Å². The number of benzene rings is 1. The molecule has 86 valence electrons. The number of nitrogens with one attached hydrogen (secondary N) is 1. The number of hydrogen-bond acceptors (Lipinski definition) is 3. The third kappa shape index (κ3) is 2.10. The highest BCUT2D eigenvalue weighted by atomic mass is 32.2. The summed E-state index contributed by atoms with van der Waals surface area (Å²) in [5.74, 6) is 0.606. The Kier molecular flexibility index (Phi) is 2.91. The molecular formula is C13H11NOS2. The average molecular weight is 261 g/mol. The van der Waals surface area contributed by atoms with Crippen molar-refractivity contribution in [2.75, 3.05) is 11.1 Å². The Bertz CT molecular complexity index is 535. The largest absolute Gasteiger partial charge is 0.324 e. The van der Waals surface area contributed by atoms with E-state index >= 15 is 0 Å². The van der Waals surface area contributed by atoms with E-state index in [0.717, 1.165) is 5.69 Å². The van der Waals surface area contributed by atoms with Gasteiger partial charge >= 0.3 is 0 Å². The van der Waals surface area contributed by atoms with Crippen molar-refractivity contribution in [3.8, 4) is 0 Å². The highest BCUT2D eigenvalue weighted by Gasteiger charge is 2.24. The number of fused-ring (bicyclic) bond motifs is 1. The summed E-state index contributed by atoms with van der Waals surface area (Å²) in [6, 6.07) is 12.3. The molecule has 0 spiro atoms. The van der Waals surface area contributed by atoms with E-state index < -0.39 is 0 Å². The van der Waals surface area contributed by atoms with Gasteiger partial charge in [0.25, 0.3) is 0 Å². The molecule has 4 heteroatoms. The van der Waals surface area contributed by atoms with Crippen molar-refractivity contribution < 1.29 is 4.79 Å². The van der Waals surface area contributed by atoms with Crippen LogP contribution in [0.3, 0.4) is 0 Å². The standard InChI is InChI=1S/C13H11NOS2/c15-11-8-17-12(9-4-2-1-3-5-9)13-10(14-11)6-7-16-13/h1-7,12H,8H2,(H,14,15). The monoisotopic (exact) mass is 261 g/mol. The molecule has 0 aliphatic carbocycles. The predicted molar refractivity (Wildman–Crippen MR) is 73.7 cm³/mol. The molecule has 1 atom stereocenters. The fourth-order valence-electron chi connectivity index (χ4n) is 1.92. The van der Waals surface area contributed by atoms with Crippen molar-refractivity contribution in [1.82, 2.24) is 0 Å². The smallest absolute Gasteiger partial charge is 0.234 e. The summed E-state index contributed by atoms with van der Waals surface area (Å²) in [7, 11) is 0. The third-order valence-corrected chi connectivity index (χ3v) is 5.09. The van der Waals surface area contributed by atoms with Gasteiger partial charge in [0, 0.05) is 4.88 Å². The van der Waals surface area contributed by atoms with Crippen LogP contribution in [0.2, 0.25) is 0 Å². The number of amides is 1. The van der Waals surface area contributed by atoms with E-state index in [9.17, 15) is 4.79 Å². The number of thioether (sulfide) groups is 1. The van der Waals surface area contributed by atoms with Crippen LogP contribution in [0, 0.1) is 0 Å². The van der Waals surface area contributed by atoms with E-state index in [2.05, 4.69) is 17.4 Å². The minimum atomic E-state index is 0.0908. The first kappa shape index (κ1) is 10.9. The molecule has 2 aromatic rings. The Labute approximate surface area is 108 Å². The van der Waals surface area contributed by atoms with Crippen LogP contribution in [0.15, 0.2) is 41.8 Å². The second-order valence-electron chi connectivity index (χ2n) is 3.85. The SMILES string of the molecule is O=C1CSC(c2ccccc2)c2sccc2N1. The molecule has 0 saturated carbocycles. The highest BCUT2D eigenvalue weighted by molar-refractivity contribution is 8.00. The molecule has 3 rings (SSSR count). The van der Waals surface area contributed by atoms with Crippen molar-refractivity contribution in [3.63, 3.8) is 0 Å². The van der Waals surface area contributed by atoms with Gasteiger partial charge in [-0.3, -0.25) is 4.79 Å². The first-order valence-electron chi connectivity index (χ1n) is 5.38. The van der Waals surface area contributed by atoms with E-state index in [4.69, 9.17) is 0 Å².